The molecule has 4 nitrogen and oxygen atoms in total. The molecule has 0 bridgehead atoms. The Bertz CT molecular complexity index is 391. The van der Waals surface area contributed by atoms with Crippen molar-refractivity contribution in [1.82, 2.24) is 9.88 Å². The van der Waals surface area contributed by atoms with Crippen molar-refractivity contribution in [3.8, 4) is 0 Å². The number of likely N-dealkylation sites (tertiary alicyclic amines) is 1. The molecule has 5 heteroatoms. The van der Waals surface area contributed by atoms with E-state index in [2.05, 4.69) is 11.9 Å². The largest absolute Gasteiger partial charge is 0.337 e. The summed E-state index contributed by atoms with van der Waals surface area (Å²) in [5.41, 5.74) is 6.07. The summed E-state index contributed by atoms with van der Waals surface area (Å²) in [6.45, 7) is 4.35. The number of carbonyl (C=O) groups is 1. The highest BCUT2D eigenvalue weighted by Crippen LogP contribution is 2.21. The van der Waals surface area contributed by atoms with E-state index in [4.69, 9.17) is 5.73 Å². The van der Waals surface area contributed by atoms with E-state index in [-0.39, 0.29) is 5.91 Å². The third-order valence-electron chi connectivity index (χ3n) is 3.33. The average Bonchev–Trinajstić information content (AvgIpc) is 2.86. The summed E-state index contributed by atoms with van der Waals surface area (Å²) >= 11 is 1.46. The molecule has 1 aromatic rings. The molecule has 0 radical (unpaired) electrons. The maximum Gasteiger partial charge on any atom is 0.273 e. The zero-order chi connectivity index (χ0) is 12.3. The molecule has 1 unspecified atom stereocenters. The van der Waals surface area contributed by atoms with Crippen LogP contribution < -0.4 is 5.73 Å². The maximum absolute atomic E-state index is 12.2. The minimum Gasteiger partial charge on any atom is -0.337 e. The maximum atomic E-state index is 12.2. The van der Waals surface area contributed by atoms with Crippen LogP contribution in [0.2, 0.25) is 0 Å². The van der Waals surface area contributed by atoms with Gasteiger partial charge in [0, 0.05) is 25.0 Å². The first-order valence-corrected chi connectivity index (χ1v) is 7.06. The Morgan fingerprint density at radius 1 is 1.71 bits per heavy atom. The Hall–Kier alpha value is -0.940. The molecule has 1 aliphatic rings. The van der Waals surface area contributed by atoms with Gasteiger partial charge in [-0.25, -0.2) is 4.98 Å². The van der Waals surface area contributed by atoms with Crippen molar-refractivity contribution in [3.63, 3.8) is 0 Å². The van der Waals surface area contributed by atoms with E-state index in [0.717, 1.165) is 30.9 Å². The molecule has 94 valence electrons. The summed E-state index contributed by atoms with van der Waals surface area (Å²) in [4.78, 5) is 18.4. The molecule has 1 fully saturated rings. The number of hydrogen-bond acceptors (Lipinski definition) is 4. The van der Waals surface area contributed by atoms with E-state index in [9.17, 15) is 4.79 Å². The number of piperidine rings is 1. The summed E-state index contributed by atoms with van der Waals surface area (Å²) in [6, 6.07) is 0. The van der Waals surface area contributed by atoms with Gasteiger partial charge in [0.15, 0.2) is 0 Å². The van der Waals surface area contributed by atoms with Gasteiger partial charge in [-0.05, 0) is 18.8 Å². The summed E-state index contributed by atoms with van der Waals surface area (Å²) in [5.74, 6) is 0.722. The molecule has 17 heavy (non-hydrogen) atoms. The molecule has 1 aromatic heterocycles. The lowest BCUT2D eigenvalue weighted by Crippen LogP contribution is -2.39. The van der Waals surface area contributed by atoms with Gasteiger partial charge in [0.25, 0.3) is 5.91 Å². The van der Waals surface area contributed by atoms with Crippen LogP contribution in [0.25, 0.3) is 0 Å². The zero-order valence-corrected chi connectivity index (χ0v) is 11.0. The van der Waals surface area contributed by atoms with E-state index >= 15 is 0 Å². The standard InChI is InChI=1S/C12H19N3OS/c1-2-9-4-3-5-15(7-9)12(16)10-8-17-11(6-13)14-10/h8-9H,2-7,13H2,1H3. The normalized spacial score (nSPS) is 20.6. The molecule has 0 aromatic carbocycles. The quantitative estimate of drug-likeness (QED) is 0.894. The van der Waals surface area contributed by atoms with Crippen LogP contribution in [0.4, 0.5) is 0 Å². The smallest absolute Gasteiger partial charge is 0.273 e. The van der Waals surface area contributed by atoms with Gasteiger partial charge in [0.05, 0.1) is 0 Å². The summed E-state index contributed by atoms with van der Waals surface area (Å²) in [6.07, 6.45) is 3.50. The van der Waals surface area contributed by atoms with Crippen LogP contribution in [0.3, 0.4) is 0 Å². The number of rotatable bonds is 3. The Labute approximate surface area is 106 Å². The summed E-state index contributed by atoms with van der Waals surface area (Å²) < 4.78 is 0. The number of nitrogens with zero attached hydrogens (tertiary/aromatic N) is 2. The highest BCUT2D eigenvalue weighted by molar-refractivity contribution is 7.09. The number of hydrogen-bond donors (Lipinski definition) is 1. The van der Waals surface area contributed by atoms with E-state index in [1.54, 1.807) is 0 Å². The van der Waals surface area contributed by atoms with Crippen molar-refractivity contribution in [2.45, 2.75) is 32.7 Å². The summed E-state index contributed by atoms with van der Waals surface area (Å²) in [7, 11) is 0. The Balaban J connectivity index is 2.03. The molecule has 1 aliphatic heterocycles. The Kier molecular flexibility index (Phi) is 4.12. The lowest BCUT2D eigenvalue weighted by Gasteiger charge is -2.31. The molecule has 1 amide bonds. The van der Waals surface area contributed by atoms with Crippen LogP contribution in [0, 0.1) is 5.92 Å². The molecule has 2 heterocycles. The van der Waals surface area contributed by atoms with E-state index in [1.807, 2.05) is 10.3 Å². The highest BCUT2D eigenvalue weighted by Gasteiger charge is 2.24. The van der Waals surface area contributed by atoms with E-state index in [1.165, 1.54) is 17.8 Å². The highest BCUT2D eigenvalue weighted by atomic mass is 32.1. The van der Waals surface area contributed by atoms with Crippen LogP contribution in [-0.4, -0.2) is 28.9 Å². The second-order valence-corrected chi connectivity index (χ2v) is 5.44. The fourth-order valence-electron chi connectivity index (χ4n) is 2.25. The average molecular weight is 253 g/mol. The molecule has 1 saturated heterocycles. The molecule has 0 saturated carbocycles. The van der Waals surface area contributed by atoms with Crippen LogP contribution >= 0.6 is 11.3 Å². The molecule has 0 aliphatic carbocycles. The van der Waals surface area contributed by atoms with Crippen molar-refractivity contribution < 1.29 is 4.79 Å². The zero-order valence-electron chi connectivity index (χ0n) is 10.2. The van der Waals surface area contributed by atoms with E-state index in [0.29, 0.717) is 18.2 Å². The van der Waals surface area contributed by atoms with Gasteiger partial charge in [-0.3, -0.25) is 4.79 Å². The molecule has 1 atom stereocenters. The fraction of sp³-hybridized carbons (Fsp3) is 0.667. The molecule has 0 spiro atoms. The predicted octanol–water partition coefficient (Wildman–Crippen LogP) is 1.86. The fourth-order valence-corrected chi connectivity index (χ4v) is 2.90. The Morgan fingerprint density at radius 2 is 2.53 bits per heavy atom. The third-order valence-corrected chi connectivity index (χ3v) is 4.20. The third kappa shape index (κ3) is 2.84. The van der Waals surface area contributed by atoms with Crippen molar-refractivity contribution >= 4 is 17.2 Å². The minimum absolute atomic E-state index is 0.0686. The first kappa shape index (κ1) is 12.5. The summed E-state index contributed by atoms with van der Waals surface area (Å²) in [5, 5.41) is 2.65. The van der Waals surface area contributed by atoms with Gasteiger partial charge >= 0.3 is 0 Å². The Morgan fingerprint density at radius 3 is 3.18 bits per heavy atom. The topological polar surface area (TPSA) is 59.2 Å². The number of thiazole rings is 1. The SMILES string of the molecule is CCC1CCCN(C(=O)c2csc(CN)n2)C1. The van der Waals surface area contributed by atoms with Gasteiger partial charge in [-0.15, -0.1) is 11.3 Å². The number of aromatic nitrogens is 1. The van der Waals surface area contributed by atoms with Crippen molar-refractivity contribution in [2.24, 2.45) is 11.7 Å². The van der Waals surface area contributed by atoms with E-state index < -0.39 is 0 Å². The van der Waals surface area contributed by atoms with Crippen molar-refractivity contribution in [2.75, 3.05) is 13.1 Å². The lowest BCUT2D eigenvalue weighted by atomic mass is 9.95. The van der Waals surface area contributed by atoms with Gasteiger partial charge in [0.2, 0.25) is 0 Å². The first-order chi connectivity index (χ1) is 8.24. The van der Waals surface area contributed by atoms with Gasteiger partial charge in [-0.2, -0.15) is 0 Å². The molecular weight excluding hydrogens is 234 g/mol. The van der Waals surface area contributed by atoms with Crippen LogP contribution in [0.15, 0.2) is 5.38 Å². The molecule has 2 N–H and O–H groups in total. The number of carbonyl (C=O) groups excluding carboxylic acids is 1. The lowest BCUT2D eigenvalue weighted by molar-refractivity contribution is 0.0666. The van der Waals surface area contributed by atoms with Crippen LogP contribution in [0.5, 0.6) is 0 Å². The van der Waals surface area contributed by atoms with Crippen LogP contribution in [0.1, 0.15) is 41.7 Å². The second kappa shape index (κ2) is 5.60. The second-order valence-electron chi connectivity index (χ2n) is 4.50. The van der Waals surface area contributed by atoms with Gasteiger partial charge in [-0.1, -0.05) is 13.3 Å². The number of nitrogens with two attached hydrogens (primary N) is 1. The minimum atomic E-state index is 0.0686. The van der Waals surface area contributed by atoms with Gasteiger partial charge in [0.1, 0.15) is 10.7 Å². The molecule has 2 rings (SSSR count). The molecular formula is C12H19N3OS. The van der Waals surface area contributed by atoms with Crippen LogP contribution in [-0.2, 0) is 6.54 Å². The first-order valence-electron chi connectivity index (χ1n) is 6.18. The number of amides is 1. The predicted molar refractivity (Wildman–Crippen MR) is 68.9 cm³/mol. The van der Waals surface area contributed by atoms with Gasteiger partial charge < -0.3 is 10.6 Å². The van der Waals surface area contributed by atoms with Crippen molar-refractivity contribution in [3.05, 3.63) is 16.1 Å². The van der Waals surface area contributed by atoms with Crippen molar-refractivity contribution in [1.29, 1.82) is 0 Å². The monoisotopic (exact) mass is 253 g/mol.